The van der Waals surface area contributed by atoms with Crippen LogP contribution in [0.15, 0.2) is 55.1 Å². The van der Waals surface area contributed by atoms with Gasteiger partial charge in [0.15, 0.2) is 0 Å². The van der Waals surface area contributed by atoms with Crippen LogP contribution in [-0.4, -0.2) is 93.7 Å². The van der Waals surface area contributed by atoms with Crippen molar-refractivity contribution in [1.82, 2.24) is 35.1 Å². The topological polar surface area (TPSA) is 116 Å². The number of hydrogen-bond donors (Lipinski definition) is 1. The predicted molar refractivity (Wildman–Crippen MR) is 164 cm³/mol. The number of methoxy groups -OCH3 is 1. The normalized spacial score (nSPS) is 17.1. The standard InChI is InChI=1S/C31H36F3N9O3/c1-21(19-43-20-37-39-40-43)46-28-15-22(3-5-26(28)31(32,33)34)23-17-35-30(36-18-23)38-27-6-4-25(16-29(27)44-2)41-9-7-24(8-10-41)42-11-13-45-14-12-42/h3-6,15-18,20-21,24H,7-14,19H2,1-2H3,(H,35,36,38). The van der Waals surface area contributed by atoms with E-state index in [1.807, 2.05) is 12.1 Å². The number of ether oxygens (including phenoxy) is 3. The highest BCUT2D eigenvalue weighted by atomic mass is 19.4. The molecule has 0 radical (unpaired) electrons. The monoisotopic (exact) mass is 639 g/mol. The summed E-state index contributed by atoms with van der Waals surface area (Å²) < 4.78 is 59.6. The Hall–Kier alpha value is -4.50. The average Bonchev–Trinajstić information content (AvgIpc) is 3.58. The molecule has 1 unspecified atom stereocenters. The molecule has 2 aromatic carbocycles. The van der Waals surface area contributed by atoms with Crippen LogP contribution in [0.2, 0.25) is 0 Å². The number of tetrazole rings is 1. The van der Waals surface area contributed by atoms with Crippen LogP contribution in [0.1, 0.15) is 25.3 Å². The fourth-order valence-electron chi connectivity index (χ4n) is 5.89. The molecule has 1 N–H and O–H groups in total. The number of halogens is 3. The number of alkyl halides is 3. The molecule has 12 nitrogen and oxygen atoms in total. The van der Waals surface area contributed by atoms with Crippen molar-refractivity contribution in [2.24, 2.45) is 0 Å². The van der Waals surface area contributed by atoms with Gasteiger partial charge in [0.25, 0.3) is 0 Å². The van der Waals surface area contributed by atoms with Crippen molar-refractivity contribution >= 4 is 17.3 Å². The summed E-state index contributed by atoms with van der Waals surface area (Å²) in [5, 5.41) is 14.0. The zero-order valence-electron chi connectivity index (χ0n) is 25.7. The number of morpholine rings is 1. The number of anilines is 3. The fourth-order valence-corrected chi connectivity index (χ4v) is 5.89. The van der Waals surface area contributed by atoms with Crippen LogP contribution in [0.25, 0.3) is 11.1 Å². The highest BCUT2D eigenvalue weighted by molar-refractivity contribution is 5.69. The van der Waals surface area contributed by atoms with Crippen molar-refractivity contribution in [2.45, 2.75) is 44.6 Å². The number of hydrogen-bond acceptors (Lipinski definition) is 11. The van der Waals surface area contributed by atoms with Gasteiger partial charge in [-0.05, 0) is 60.0 Å². The molecule has 1 atom stereocenters. The molecule has 6 rings (SSSR count). The molecule has 2 aliphatic heterocycles. The average molecular weight is 640 g/mol. The number of benzene rings is 2. The van der Waals surface area contributed by atoms with Gasteiger partial charge < -0.3 is 24.4 Å². The Balaban J connectivity index is 1.12. The van der Waals surface area contributed by atoms with Gasteiger partial charge in [-0.25, -0.2) is 14.6 Å². The Labute approximate surface area is 264 Å². The molecule has 4 aromatic rings. The maximum absolute atomic E-state index is 13.8. The highest BCUT2D eigenvalue weighted by Crippen LogP contribution is 2.39. The first-order valence-corrected chi connectivity index (χ1v) is 15.2. The van der Waals surface area contributed by atoms with Gasteiger partial charge in [-0.3, -0.25) is 4.90 Å². The second kappa shape index (κ2) is 13.9. The molecule has 4 heterocycles. The van der Waals surface area contributed by atoms with Crippen LogP contribution in [0.3, 0.4) is 0 Å². The quantitative estimate of drug-likeness (QED) is 0.261. The summed E-state index contributed by atoms with van der Waals surface area (Å²) in [6.45, 7) is 7.40. The maximum atomic E-state index is 13.8. The van der Waals surface area contributed by atoms with Crippen molar-refractivity contribution in [2.75, 3.05) is 56.7 Å². The zero-order chi connectivity index (χ0) is 32.1. The summed E-state index contributed by atoms with van der Waals surface area (Å²) in [5.41, 5.74) is 1.91. The van der Waals surface area contributed by atoms with E-state index in [2.05, 4.69) is 46.7 Å². The van der Waals surface area contributed by atoms with E-state index in [9.17, 15) is 13.2 Å². The molecular weight excluding hydrogens is 603 g/mol. The zero-order valence-corrected chi connectivity index (χ0v) is 25.7. The lowest BCUT2D eigenvalue weighted by Crippen LogP contribution is -2.49. The minimum absolute atomic E-state index is 0.176. The van der Waals surface area contributed by atoms with Gasteiger partial charge in [0.05, 0.1) is 38.1 Å². The van der Waals surface area contributed by atoms with Gasteiger partial charge in [0, 0.05) is 61.9 Å². The Bertz CT molecular complexity index is 1570. The first-order chi connectivity index (χ1) is 22.3. The van der Waals surface area contributed by atoms with Crippen molar-refractivity contribution < 1.29 is 27.4 Å². The van der Waals surface area contributed by atoms with E-state index < -0.39 is 17.8 Å². The first kappa shape index (κ1) is 31.5. The summed E-state index contributed by atoms with van der Waals surface area (Å²) in [6.07, 6.45) is 1.45. The van der Waals surface area contributed by atoms with Gasteiger partial charge >= 0.3 is 6.18 Å². The second-order valence-corrected chi connectivity index (χ2v) is 11.3. The molecular formula is C31H36F3N9O3. The van der Waals surface area contributed by atoms with Gasteiger partial charge in [-0.1, -0.05) is 6.07 Å². The smallest absolute Gasteiger partial charge is 0.419 e. The van der Waals surface area contributed by atoms with Crippen molar-refractivity contribution in [3.05, 3.63) is 60.7 Å². The van der Waals surface area contributed by atoms with Crippen LogP contribution in [-0.2, 0) is 17.5 Å². The van der Waals surface area contributed by atoms with E-state index in [0.717, 1.165) is 64.0 Å². The minimum atomic E-state index is -4.60. The van der Waals surface area contributed by atoms with Gasteiger partial charge in [-0.2, -0.15) is 13.2 Å². The Morgan fingerprint density at radius 3 is 2.41 bits per heavy atom. The fraction of sp³-hybridized carbons (Fsp3) is 0.452. The van der Waals surface area contributed by atoms with Crippen LogP contribution in [0.4, 0.5) is 30.5 Å². The molecule has 244 valence electrons. The van der Waals surface area contributed by atoms with Crippen LogP contribution < -0.4 is 19.7 Å². The summed E-state index contributed by atoms with van der Waals surface area (Å²) in [6, 6.07) is 10.3. The molecule has 0 aliphatic carbocycles. The third kappa shape index (κ3) is 7.48. The molecule has 2 fully saturated rings. The van der Waals surface area contributed by atoms with Crippen LogP contribution in [0.5, 0.6) is 11.5 Å². The molecule has 0 bridgehead atoms. The molecule has 0 saturated carbocycles. The van der Waals surface area contributed by atoms with E-state index >= 15 is 0 Å². The van der Waals surface area contributed by atoms with E-state index in [1.54, 1.807) is 26.4 Å². The van der Waals surface area contributed by atoms with Crippen molar-refractivity contribution in [3.8, 4) is 22.6 Å². The number of nitrogens with zero attached hydrogens (tertiary/aromatic N) is 8. The van der Waals surface area contributed by atoms with E-state index in [0.29, 0.717) is 34.6 Å². The third-order valence-electron chi connectivity index (χ3n) is 8.26. The SMILES string of the molecule is COc1cc(N2CCC(N3CCOCC3)CC2)ccc1Nc1ncc(-c2ccc(C(F)(F)F)c(OC(C)Cn3cnnn3)c2)cn1. The lowest BCUT2D eigenvalue weighted by atomic mass is 10.0. The van der Waals surface area contributed by atoms with Gasteiger partial charge in [-0.15, -0.1) is 5.10 Å². The number of nitrogens with one attached hydrogen (secondary N) is 1. The number of aromatic nitrogens is 6. The summed E-state index contributed by atoms with van der Waals surface area (Å²) in [7, 11) is 1.62. The molecule has 0 amide bonds. The highest BCUT2D eigenvalue weighted by Gasteiger charge is 2.35. The predicted octanol–water partition coefficient (Wildman–Crippen LogP) is 4.67. The molecule has 2 aliphatic rings. The molecule has 15 heteroatoms. The van der Waals surface area contributed by atoms with Crippen molar-refractivity contribution in [3.63, 3.8) is 0 Å². The summed E-state index contributed by atoms with van der Waals surface area (Å²) in [5.74, 6) is 0.670. The molecule has 46 heavy (non-hydrogen) atoms. The molecule has 0 spiro atoms. The van der Waals surface area contributed by atoms with Crippen molar-refractivity contribution in [1.29, 1.82) is 0 Å². The van der Waals surface area contributed by atoms with Crippen LogP contribution >= 0.6 is 0 Å². The Kier molecular flexibility index (Phi) is 9.49. The first-order valence-electron chi connectivity index (χ1n) is 15.2. The maximum Gasteiger partial charge on any atom is 0.419 e. The van der Waals surface area contributed by atoms with E-state index in [-0.39, 0.29) is 12.3 Å². The van der Waals surface area contributed by atoms with Crippen LogP contribution in [0, 0.1) is 0 Å². The minimum Gasteiger partial charge on any atom is -0.494 e. The summed E-state index contributed by atoms with van der Waals surface area (Å²) in [4.78, 5) is 13.7. The third-order valence-corrected chi connectivity index (χ3v) is 8.26. The number of piperidine rings is 1. The molecule has 2 aromatic heterocycles. The lowest BCUT2D eigenvalue weighted by Gasteiger charge is -2.40. The molecule has 2 saturated heterocycles. The second-order valence-electron chi connectivity index (χ2n) is 11.3. The van der Waals surface area contributed by atoms with Gasteiger partial charge in [0.2, 0.25) is 5.95 Å². The van der Waals surface area contributed by atoms with Gasteiger partial charge in [0.1, 0.15) is 23.9 Å². The van der Waals surface area contributed by atoms with E-state index in [4.69, 9.17) is 14.2 Å². The number of rotatable bonds is 10. The lowest BCUT2D eigenvalue weighted by molar-refractivity contribution is -0.139. The Morgan fingerprint density at radius 2 is 1.74 bits per heavy atom. The largest absolute Gasteiger partial charge is 0.494 e. The van der Waals surface area contributed by atoms with E-state index in [1.165, 1.54) is 23.1 Å². The Morgan fingerprint density at radius 1 is 0.978 bits per heavy atom. The summed E-state index contributed by atoms with van der Waals surface area (Å²) >= 11 is 0.